The van der Waals surface area contributed by atoms with Crippen LogP contribution in [0.25, 0.3) is 22.3 Å². The summed E-state index contributed by atoms with van der Waals surface area (Å²) in [5.41, 5.74) is 9.15. The summed E-state index contributed by atoms with van der Waals surface area (Å²) in [6, 6.07) is 18.0. The summed E-state index contributed by atoms with van der Waals surface area (Å²) in [4.78, 5) is 0. The molecule has 0 saturated carbocycles. The number of aromatic hydroxyl groups is 1. The second-order valence-corrected chi connectivity index (χ2v) is 5.74. The van der Waals surface area contributed by atoms with E-state index in [0.717, 1.165) is 11.1 Å². The summed E-state index contributed by atoms with van der Waals surface area (Å²) in [5, 5.41) is 11.8. The van der Waals surface area contributed by atoms with Crippen LogP contribution in [0.5, 0.6) is 5.75 Å². The Morgan fingerprint density at radius 2 is 1.09 bits per heavy atom. The van der Waals surface area contributed by atoms with Gasteiger partial charge < -0.3 is 10.8 Å². The fourth-order valence-electron chi connectivity index (χ4n) is 2.43. The summed E-state index contributed by atoms with van der Waals surface area (Å²) in [6.07, 6.45) is 0. The standard InChI is InChI=1S/C18H13Cl2NO/c19-16-7-3-1-5-12(16)14-9-11(21)10-15(18(14)22)13-6-2-4-8-17(13)20/h1-10,22H,21H2. The Morgan fingerprint density at radius 3 is 1.50 bits per heavy atom. The number of phenols is 1. The van der Waals surface area contributed by atoms with Gasteiger partial charge in [0.2, 0.25) is 0 Å². The first-order valence-corrected chi connectivity index (χ1v) is 7.46. The van der Waals surface area contributed by atoms with Crippen LogP contribution in [-0.2, 0) is 0 Å². The zero-order chi connectivity index (χ0) is 15.7. The first kappa shape index (κ1) is 14.8. The third-order valence-electron chi connectivity index (χ3n) is 3.46. The van der Waals surface area contributed by atoms with Gasteiger partial charge >= 0.3 is 0 Å². The molecule has 0 spiro atoms. The van der Waals surface area contributed by atoms with Gasteiger partial charge in [-0.2, -0.15) is 0 Å². The van der Waals surface area contributed by atoms with Gasteiger partial charge in [-0.1, -0.05) is 59.6 Å². The van der Waals surface area contributed by atoms with E-state index >= 15 is 0 Å². The lowest BCUT2D eigenvalue weighted by Gasteiger charge is -2.14. The minimum absolute atomic E-state index is 0.107. The molecule has 3 rings (SSSR count). The van der Waals surface area contributed by atoms with E-state index in [4.69, 9.17) is 28.9 Å². The van der Waals surface area contributed by atoms with Crippen molar-refractivity contribution < 1.29 is 5.11 Å². The molecule has 0 aliphatic heterocycles. The molecule has 3 aromatic rings. The van der Waals surface area contributed by atoms with Crippen molar-refractivity contribution in [2.24, 2.45) is 0 Å². The normalized spacial score (nSPS) is 10.6. The topological polar surface area (TPSA) is 46.2 Å². The first-order chi connectivity index (χ1) is 10.6. The van der Waals surface area contributed by atoms with Crippen LogP contribution in [0.1, 0.15) is 0 Å². The molecule has 110 valence electrons. The molecule has 0 saturated heterocycles. The Hall–Kier alpha value is -2.16. The number of rotatable bonds is 2. The molecule has 0 aromatic heterocycles. The van der Waals surface area contributed by atoms with E-state index in [1.165, 1.54) is 0 Å². The monoisotopic (exact) mass is 329 g/mol. The van der Waals surface area contributed by atoms with Gasteiger partial charge in [0.25, 0.3) is 0 Å². The van der Waals surface area contributed by atoms with Crippen LogP contribution in [0.4, 0.5) is 5.69 Å². The first-order valence-electron chi connectivity index (χ1n) is 6.70. The minimum Gasteiger partial charge on any atom is -0.507 e. The molecule has 22 heavy (non-hydrogen) atoms. The molecule has 0 atom stereocenters. The van der Waals surface area contributed by atoms with E-state index in [2.05, 4.69) is 0 Å². The quantitative estimate of drug-likeness (QED) is 0.473. The fraction of sp³-hybridized carbons (Fsp3) is 0. The number of phenolic OH excluding ortho intramolecular Hbond substituents is 1. The fourth-order valence-corrected chi connectivity index (χ4v) is 2.90. The van der Waals surface area contributed by atoms with E-state index in [1.54, 1.807) is 24.3 Å². The molecule has 0 aliphatic carbocycles. The van der Waals surface area contributed by atoms with Gasteiger partial charge in [0, 0.05) is 38.0 Å². The number of nitrogens with two attached hydrogens (primary N) is 1. The number of hydrogen-bond donors (Lipinski definition) is 2. The number of nitrogen functional groups attached to an aromatic ring is 1. The molecule has 0 amide bonds. The van der Waals surface area contributed by atoms with Crippen LogP contribution in [0, 0.1) is 0 Å². The summed E-state index contributed by atoms with van der Waals surface area (Å²) in [6.45, 7) is 0. The molecule has 4 heteroatoms. The van der Waals surface area contributed by atoms with Gasteiger partial charge in [0.1, 0.15) is 5.75 Å². The molecule has 0 radical (unpaired) electrons. The smallest absolute Gasteiger partial charge is 0.131 e. The second-order valence-electron chi connectivity index (χ2n) is 4.92. The van der Waals surface area contributed by atoms with Crippen molar-refractivity contribution in [2.45, 2.75) is 0 Å². The summed E-state index contributed by atoms with van der Waals surface area (Å²) >= 11 is 12.5. The number of halogens is 2. The maximum atomic E-state index is 10.7. The molecule has 3 aromatic carbocycles. The van der Waals surface area contributed by atoms with Crippen molar-refractivity contribution in [3.8, 4) is 28.0 Å². The number of benzene rings is 3. The average molecular weight is 330 g/mol. The van der Waals surface area contributed by atoms with Crippen LogP contribution in [0.3, 0.4) is 0 Å². The van der Waals surface area contributed by atoms with Crippen LogP contribution in [0.2, 0.25) is 10.0 Å². The van der Waals surface area contributed by atoms with Gasteiger partial charge in [0.15, 0.2) is 0 Å². The Balaban J connectivity index is 2.28. The van der Waals surface area contributed by atoms with Gasteiger partial charge in [-0.05, 0) is 24.3 Å². The summed E-state index contributed by atoms with van der Waals surface area (Å²) in [5.74, 6) is 0.107. The number of hydrogen-bond acceptors (Lipinski definition) is 2. The largest absolute Gasteiger partial charge is 0.507 e. The molecular weight excluding hydrogens is 317 g/mol. The maximum absolute atomic E-state index is 10.7. The lowest BCUT2D eigenvalue weighted by molar-refractivity contribution is 0.479. The van der Waals surface area contributed by atoms with Crippen molar-refractivity contribution >= 4 is 28.9 Å². The second kappa shape index (κ2) is 5.91. The van der Waals surface area contributed by atoms with Gasteiger partial charge in [-0.15, -0.1) is 0 Å². The SMILES string of the molecule is Nc1cc(-c2ccccc2Cl)c(O)c(-c2ccccc2Cl)c1. The van der Waals surface area contributed by atoms with Crippen LogP contribution in [-0.4, -0.2) is 5.11 Å². The molecule has 0 fully saturated rings. The Bertz CT molecular complexity index is 779. The zero-order valence-electron chi connectivity index (χ0n) is 11.6. The molecule has 0 aliphatic rings. The highest BCUT2D eigenvalue weighted by Crippen LogP contribution is 2.43. The van der Waals surface area contributed by atoms with Gasteiger partial charge in [0.05, 0.1) is 0 Å². The lowest BCUT2D eigenvalue weighted by Crippen LogP contribution is -1.91. The zero-order valence-corrected chi connectivity index (χ0v) is 13.1. The van der Waals surface area contributed by atoms with Crippen molar-refractivity contribution in [1.29, 1.82) is 0 Å². The van der Waals surface area contributed by atoms with Crippen molar-refractivity contribution in [1.82, 2.24) is 0 Å². The van der Waals surface area contributed by atoms with E-state index < -0.39 is 0 Å². The molecule has 0 unspecified atom stereocenters. The molecule has 0 bridgehead atoms. The Kier molecular flexibility index (Phi) is 3.97. The van der Waals surface area contributed by atoms with E-state index in [0.29, 0.717) is 26.9 Å². The predicted octanol–water partition coefficient (Wildman–Crippen LogP) is 5.62. The van der Waals surface area contributed by atoms with Crippen LogP contribution >= 0.6 is 23.2 Å². The highest BCUT2D eigenvalue weighted by molar-refractivity contribution is 6.34. The van der Waals surface area contributed by atoms with E-state index in [9.17, 15) is 5.11 Å². The predicted molar refractivity (Wildman–Crippen MR) is 93.4 cm³/mol. The highest BCUT2D eigenvalue weighted by Gasteiger charge is 2.16. The third kappa shape index (κ3) is 2.63. The molecule has 2 nitrogen and oxygen atoms in total. The minimum atomic E-state index is 0.107. The summed E-state index contributed by atoms with van der Waals surface area (Å²) < 4.78 is 0. The summed E-state index contributed by atoms with van der Waals surface area (Å²) in [7, 11) is 0. The van der Waals surface area contributed by atoms with Crippen molar-refractivity contribution in [3.05, 3.63) is 70.7 Å². The molecular formula is C18H13Cl2NO. The van der Waals surface area contributed by atoms with Gasteiger partial charge in [-0.3, -0.25) is 0 Å². The Morgan fingerprint density at radius 1 is 0.682 bits per heavy atom. The number of anilines is 1. The maximum Gasteiger partial charge on any atom is 0.131 e. The van der Waals surface area contributed by atoms with Crippen LogP contribution < -0.4 is 5.73 Å². The third-order valence-corrected chi connectivity index (χ3v) is 4.12. The Labute approximate surface area is 138 Å². The highest BCUT2D eigenvalue weighted by atomic mass is 35.5. The van der Waals surface area contributed by atoms with E-state index in [-0.39, 0.29) is 5.75 Å². The lowest BCUT2D eigenvalue weighted by atomic mass is 9.96. The van der Waals surface area contributed by atoms with Crippen molar-refractivity contribution in [2.75, 3.05) is 5.73 Å². The van der Waals surface area contributed by atoms with E-state index in [1.807, 2.05) is 36.4 Å². The van der Waals surface area contributed by atoms with Crippen LogP contribution in [0.15, 0.2) is 60.7 Å². The molecule has 0 heterocycles. The average Bonchev–Trinajstić information content (AvgIpc) is 2.51. The molecule has 3 N–H and O–H groups in total. The van der Waals surface area contributed by atoms with Gasteiger partial charge in [-0.25, -0.2) is 0 Å². The van der Waals surface area contributed by atoms with Crippen molar-refractivity contribution in [3.63, 3.8) is 0 Å².